The van der Waals surface area contributed by atoms with Gasteiger partial charge in [-0.2, -0.15) is 0 Å². The number of furan rings is 1. The van der Waals surface area contributed by atoms with Gasteiger partial charge in [-0.15, -0.1) is 0 Å². The number of carbonyl (C=O) groups is 1. The lowest BCUT2D eigenvalue weighted by Gasteiger charge is -2.25. The van der Waals surface area contributed by atoms with Crippen molar-refractivity contribution >= 4 is 5.78 Å². The molecule has 1 fully saturated rings. The number of Topliss-reactive ketones (excluding diaryl/α,β-unsaturated/α-hetero) is 1. The fourth-order valence-electron chi connectivity index (χ4n) is 2.53. The summed E-state index contributed by atoms with van der Waals surface area (Å²) in [6.45, 7) is 4.10. The lowest BCUT2D eigenvalue weighted by molar-refractivity contribution is 0.0867. The minimum Gasteiger partial charge on any atom is -0.469 e. The van der Waals surface area contributed by atoms with Crippen LogP contribution in [0.2, 0.25) is 0 Å². The van der Waals surface area contributed by atoms with Gasteiger partial charge in [-0.25, -0.2) is 0 Å². The second-order valence-electron chi connectivity index (χ2n) is 4.72. The predicted octanol–water partition coefficient (Wildman–Crippen LogP) is 3.60. The molecular weight excluding hydrogens is 188 g/mol. The van der Waals surface area contributed by atoms with Crippen LogP contribution in [-0.4, -0.2) is 5.78 Å². The largest absolute Gasteiger partial charge is 0.469 e. The van der Waals surface area contributed by atoms with E-state index in [4.69, 9.17) is 4.42 Å². The summed E-state index contributed by atoms with van der Waals surface area (Å²) >= 11 is 0. The van der Waals surface area contributed by atoms with Crippen LogP contribution in [0.1, 0.15) is 48.7 Å². The first kappa shape index (κ1) is 10.5. The van der Waals surface area contributed by atoms with Gasteiger partial charge in [0.15, 0.2) is 5.78 Å². The summed E-state index contributed by atoms with van der Waals surface area (Å²) in [5.74, 6) is 1.97. The third-order valence-electron chi connectivity index (χ3n) is 3.43. The molecule has 1 saturated carbocycles. The maximum Gasteiger partial charge on any atom is 0.169 e. The average molecular weight is 206 g/mol. The van der Waals surface area contributed by atoms with Crippen LogP contribution in [-0.2, 0) is 0 Å². The normalized spacial score (nSPS) is 26.5. The molecule has 1 aromatic heterocycles. The van der Waals surface area contributed by atoms with Crippen molar-refractivity contribution in [2.75, 3.05) is 0 Å². The van der Waals surface area contributed by atoms with Crippen LogP contribution in [0, 0.1) is 18.8 Å². The number of carbonyl (C=O) groups excluding carboxylic acids is 1. The SMILES string of the molecule is Cc1occc1C(=O)C1CCCC(C)C1. The van der Waals surface area contributed by atoms with E-state index >= 15 is 0 Å². The summed E-state index contributed by atoms with van der Waals surface area (Å²) in [6, 6.07) is 1.80. The molecule has 15 heavy (non-hydrogen) atoms. The van der Waals surface area contributed by atoms with Crippen LogP contribution >= 0.6 is 0 Å². The monoisotopic (exact) mass is 206 g/mol. The fraction of sp³-hybridized carbons (Fsp3) is 0.615. The molecule has 82 valence electrons. The summed E-state index contributed by atoms with van der Waals surface area (Å²) in [5.41, 5.74) is 0.786. The van der Waals surface area contributed by atoms with Gasteiger partial charge in [0, 0.05) is 5.92 Å². The van der Waals surface area contributed by atoms with Crippen LogP contribution in [0.15, 0.2) is 16.7 Å². The van der Waals surface area contributed by atoms with E-state index in [0.717, 1.165) is 24.2 Å². The number of ketones is 1. The molecule has 0 aliphatic heterocycles. The molecule has 1 aliphatic carbocycles. The van der Waals surface area contributed by atoms with Gasteiger partial charge < -0.3 is 4.42 Å². The highest BCUT2D eigenvalue weighted by atomic mass is 16.3. The zero-order valence-corrected chi connectivity index (χ0v) is 9.45. The minimum atomic E-state index is 0.227. The second kappa shape index (κ2) is 4.21. The van der Waals surface area contributed by atoms with E-state index in [2.05, 4.69) is 6.92 Å². The van der Waals surface area contributed by atoms with Crippen LogP contribution < -0.4 is 0 Å². The number of rotatable bonds is 2. The van der Waals surface area contributed by atoms with Gasteiger partial charge in [-0.1, -0.05) is 19.8 Å². The Hall–Kier alpha value is -1.05. The topological polar surface area (TPSA) is 30.2 Å². The van der Waals surface area contributed by atoms with Crippen LogP contribution in [0.5, 0.6) is 0 Å². The third kappa shape index (κ3) is 2.14. The van der Waals surface area contributed by atoms with Gasteiger partial charge in [-0.05, 0) is 31.7 Å². The first-order valence-electron chi connectivity index (χ1n) is 5.76. The van der Waals surface area contributed by atoms with Crippen molar-refractivity contribution < 1.29 is 9.21 Å². The Morgan fingerprint density at radius 3 is 2.87 bits per heavy atom. The highest BCUT2D eigenvalue weighted by Crippen LogP contribution is 2.31. The van der Waals surface area contributed by atoms with Gasteiger partial charge in [-0.3, -0.25) is 4.79 Å². The molecule has 2 rings (SSSR count). The molecule has 0 saturated heterocycles. The van der Waals surface area contributed by atoms with Crippen molar-refractivity contribution in [3.05, 3.63) is 23.7 Å². The number of aryl methyl sites for hydroxylation is 1. The summed E-state index contributed by atoms with van der Waals surface area (Å²) in [6.07, 6.45) is 6.16. The molecule has 1 heterocycles. The number of hydrogen-bond acceptors (Lipinski definition) is 2. The molecule has 2 unspecified atom stereocenters. The average Bonchev–Trinajstić information content (AvgIpc) is 2.63. The van der Waals surface area contributed by atoms with Gasteiger partial charge in [0.2, 0.25) is 0 Å². The Balaban J connectivity index is 2.11. The summed E-state index contributed by atoms with van der Waals surface area (Å²) in [7, 11) is 0. The van der Waals surface area contributed by atoms with E-state index in [9.17, 15) is 4.79 Å². The molecule has 0 radical (unpaired) electrons. The smallest absolute Gasteiger partial charge is 0.169 e. The van der Waals surface area contributed by atoms with Crippen LogP contribution in [0.3, 0.4) is 0 Å². The number of hydrogen-bond donors (Lipinski definition) is 0. The molecule has 2 nitrogen and oxygen atoms in total. The van der Waals surface area contributed by atoms with E-state index in [1.165, 1.54) is 12.8 Å². The van der Waals surface area contributed by atoms with E-state index < -0.39 is 0 Å². The lowest BCUT2D eigenvalue weighted by Crippen LogP contribution is -2.21. The molecule has 1 aromatic rings. The first-order chi connectivity index (χ1) is 7.18. The van der Waals surface area contributed by atoms with Gasteiger partial charge >= 0.3 is 0 Å². The fourth-order valence-corrected chi connectivity index (χ4v) is 2.53. The Bertz CT molecular complexity index is 351. The van der Waals surface area contributed by atoms with Crippen LogP contribution in [0.4, 0.5) is 0 Å². The highest BCUT2D eigenvalue weighted by molar-refractivity contribution is 5.98. The van der Waals surface area contributed by atoms with Crippen molar-refractivity contribution in [1.82, 2.24) is 0 Å². The molecule has 0 N–H and O–H groups in total. The lowest BCUT2D eigenvalue weighted by atomic mass is 9.79. The quantitative estimate of drug-likeness (QED) is 0.692. The maximum absolute atomic E-state index is 12.2. The molecule has 1 aliphatic rings. The maximum atomic E-state index is 12.2. The van der Waals surface area contributed by atoms with E-state index in [0.29, 0.717) is 5.92 Å². The van der Waals surface area contributed by atoms with E-state index in [1.54, 1.807) is 12.3 Å². The Kier molecular flexibility index (Phi) is 2.94. The summed E-state index contributed by atoms with van der Waals surface area (Å²) in [4.78, 5) is 12.2. The van der Waals surface area contributed by atoms with Crippen LogP contribution in [0.25, 0.3) is 0 Å². The predicted molar refractivity (Wildman–Crippen MR) is 58.9 cm³/mol. The van der Waals surface area contributed by atoms with E-state index in [-0.39, 0.29) is 11.7 Å². The van der Waals surface area contributed by atoms with E-state index in [1.807, 2.05) is 6.92 Å². The molecule has 0 amide bonds. The molecule has 2 atom stereocenters. The highest BCUT2D eigenvalue weighted by Gasteiger charge is 2.27. The Labute approximate surface area is 90.7 Å². The Morgan fingerprint density at radius 2 is 2.27 bits per heavy atom. The van der Waals surface area contributed by atoms with Gasteiger partial charge in [0.25, 0.3) is 0 Å². The summed E-state index contributed by atoms with van der Waals surface area (Å²) < 4.78 is 5.18. The van der Waals surface area contributed by atoms with Gasteiger partial charge in [0.05, 0.1) is 11.8 Å². The third-order valence-corrected chi connectivity index (χ3v) is 3.43. The van der Waals surface area contributed by atoms with Crippen molar-refractivity contribution in [2.45, 2.75) is 39.5 Å². The summed E-state index contributed by atoms with van der Waals surface area (Å²) in [5, 5.41) is 0. The van der Waals surface area contributed by atoms with Crippen molar-refractivity contribution in [3.63, 3.8) is 0 Å². The molecule has 0 bridgehead atoms. The molecular formula is C13H18O2. The van der Waals surface area contributed by atoms with Crippen molar-refractivity contribution in [2.24, 2.45) is 11.8 Å². The van der Waals surface area contributed by atoms with Crippen molar-refractivity contribution in [3.8, 4) is 0 Å². The molecule has 0 aromatic carbocycles. The van der Waals surface area contributed by atoms with Crippen molar-refractivity contribution in [1.29, 1.82) is 0 Å². The second-order valence-corrected chi connectivity index (χ2v) is 4.72. The molecule has 2 heteroatoms. The Morgan fingerprint density at radius 1 is 1.47 bits per heavy atom. The zero-order valence-electron chi connectivity index (χ0n) is 9.45. The minimum absolute atomic E-state index is 0.227. The zero-order chi connectivity index (χ0) is 10.8. The first-order valence-corrected chi connectivity index (χ1v) is 5.76. The van der Waals surface area contributed by atoms with Gasteiger partial charge in [0.1, 0.15) is 5.76 Å². The molecule has 0 spiro atoms. The standard InChI is InChI=1S/C13H18O2/c1-9-4-3-5-11(8-9)13(14)12-6-7-15-10(12)2/h6-7,9,11H,3-5,8H2,1-2H3.